The van der Waals surface area contributed by atoms with Crippen molar-refractivity contribution in [1.82, 2.24) is 14.9 Å². The number of carbonyl (C=O) groups excluding carboxylic acids is 1. The highest BCUT2D eigenvalue weighted by molar-refractivity contribution is 7.93. The van der Waals surface area contributed by atoms with Crippen LogP contribution < -0.4 is 4.72 Å². The summed E-state index contributed by atoms with van der Waals surface area (Å²) in [7, 11) is -3.74. The lowest BCUT2D eigenvalue weighted by molar-refractivity contribution is 0.0606. The number of hydrogen-bond donors (Lipinski definition) is 1. The number of aromatic nitrogens is 2. The number of likely N-dealkylation sites (tertiary alicyclic amines) is 1. The number of nitrogens with zero attached hydrogens (tertiary/aromatic N) is 3. The van der Waals surface area contributed by atoms with Gasteiger partial charge < -0.3 is 4.90 Å². The molecular formula is C20H20N4O3S2. The molecule has 0 unspecified atom stereocenters. The van der Waals surface area contributed by atoms with Crippen LogP contribution in [0, 0.1) is 0 Å². The molecule has 3 aromatic rings. The molecule has 1 aliphatic rings. The van der Waals surface area contributed by atoms with Crippen molar-refractivity contribution < 1.29 is 13.2 Å². The Bertz CT molecular complexity index is 1070. The van der Waals surface area contributed by atoms with Gasteiger partial charge in [0.15, 0.2) is 5.13 Å². The van der Waals surface area contributed by atoms with E-state index in [1.165, 1.54) is 29.7 Å². The lowest BCUT2D eigenvalue weighted by Crippen LogP contribution is -2.38. The number of carbonyl (C=O) groups is 1. The van der Waals surface area contributed by atoms with Gasteiger partial charge in [0.25, 0.3) is 15.9 Å². The Morgan fingerprint density at radius 2 is 1.90 bits per heavy atom. The Morgan fingerprint density at radius 3 is 2.59 bits per heavy atom. The third-order valence-corrected chi connectivity index (χ3v) is 7.03. The fourth-order valence-corrected chi connectivity index (χ4v) is 5.23. The van der Waals surface area contributed by atoms with Gasteiger partial charge in [-0.2, -0.15) is 0 Å². The first-order valence-corrected chi connectivity index (χ1v) is 11.7. The summed E-state index contributed by atoms with van der Waals surface area (Å²) in [5.74, 6) is -0.114. The SMILES string of the molecule is O=C(c1ccc(S(=O)(=O)Nc2nccs2)cc1)N1CCCC[C@@H]1c1ccccn1. The Labute approximate surface area is 173 Å². The number of thiazole rings is 1. The maximum atomic E-state index is 13.1. The van der Waals surface area contributed by atoms with Crippen molar-refractivity contribution in [1.29, 1.82) is 0 Å². The van der Waals surface area contributed by atoms with Crippen LogP contribution in [-0.2, 0) is 10.0 Å². The summed E-state index contributed by atoms with van der Waals surface area (Å²) in [5, 5.41) is 1.99. The third kappa shape index (κ3) is 4.30. The van der Waals surface area contributed by atoms with Crippen molar-refractivity contribution in [3.05, 3.63) is 71.5 Å². The summed E-state index contributed by atoms with van der Waals surface area (Å²) in [4.78, 5) is 23.4. The van der Waals surface area contributed by atoms with E-state index in [0.29, 0.717) is 17.2 Å². The molecule has 1 atom stereocenters. The lowest BCUT2D eigenvalue weighted by atomic mass is 9.97. The quantitative estimate of drug-likeness (QED) is 0.669. The largest absolute Gasteiger partial charge is 0.330 e. The normalized spacial score (nSPS) is 17.1. The second kappa shape index (κ2) is 8.30. The maximum Gasteiger partial charge on any atom is 0.263 e. The number of sulfonamides is 1. The van der Waals surface area contributed by atoms with Gasteiger partial charge in [0, 0.05) is 29.9 Å². The highest BCUT2D eigenvalue weighted by atomic mass is 32.2. The van der Waals surface area contributed by atoms with Crippen molar-refractivity contribution in [2.45, 2.75) is 30.2 Å². The topological polar surface area (TPSA) is 92.3 Å². The second-order valence-corrected chi connectivity index (χ2v) is 9.31. The van der Waals surface area contributed by atoms with E-state index in [-0.39, 0.29) is 16.8 Å². The van der Waals surface area contributed by atoms with Crippen LogP contribution in [0.4, 0.5) is 5.13 Å². The molecule has 3 heterocycles. The van der Waals surface area contributed by atoms with Gasteiger partial charge in [-0.15, -0.1) is 11.3 Å². The molecule has 0 bridgehead atoms. The summed E-state index contributed by atoms with van der Waals surface area (Å²) in [6.45, 7) is 0.658. The zero-order chi connectivity index (χ0) is 20.3. The zero-order valence-electron chi connectivity index (χ0n) is 15.6. The number of benzene rings is 1. The van der Waals surface area contributed by atoms with Crippen molar-refractivity contribution in [2.75, 3.05) is 11.3 Å². The number of nitrogens with one attached hydrogen (secondary N) is 1. The minimum absolute atomic E-state index is 0.0626. The highest BCUT2D eigenvalue weighted by Gasteiger charge is 2.29. The maximum absolute atomic E-state index is 13.1. The zero-order valence-corrected chi connectivity index (χ0v) is 17.2. The monoisotopic (exact) mass is 428 g/mol. The molecule has 0 aliphatic carbocycles. The smallest absolute Gasteiger partial charge is 0.263 e. The van der Waals surface area contributed by atoms with Gasteiger partial charge in [-0.1, -0.05) is 6.07 Å². The van der Waals surface area contributed by atoms with E-state index < -0.39 is 10.0 Å². The summed E-state index contributed by atoms with van der Waals surface area (Å²) in [6.07, 6.45) is 6.12. The fourth-order valence-electron chi connectivity index (χ4n) is 3.45. The van der Waals surface area contributed by atoms with E-state index in [9.17, 15) is 13.2 Å². The fraction of sp³-hybridized carbons (Fsp3) is 0.250. The Hall–Kier alpha value is -2.78. The van der Waals surface area contributed by atoms with Gasteiger partial charge in [-0.05, 0) is 55.7 Å². The van der Waals surface area contributed by atoms with E-state index in [2.05, 4.69) is 14.7 Å². The Kier molecular flexibility index (Phi) is 5.59. The molecule has 1 saturated heterocycles. The number of anilines is 1. The minimum Gasteiger partial charge on any atom is -0.330 e. The first kappa shape index (κ1) is 19.5. The molecule has 1 N–H and O–H groups in total. The average molecular weight is 429 g/mol. The molecule has 150 valence electrons. The molecule has 0 radical (unpaired) electrons. The van der Waals surface area contributed by atoms with Crippen molar-refractivity contribution in [3.63, 3.8) is 0 Å². The predicted molar refractivity (Wildman–Crippen MR) is 111 cm³/mol. The number of piperidine rings is 1. The third-order valence-electron chi connectivity index (χ3n) is 4.86. The molecule has 29 heavy (non-hydrogen) atoms. The summed E-state index contributed by atoms with van der Waals surface area (Å²) < 4.78 is 27.4. The minimum atomic E-state index is -3.74. The van der Waals surface area contributed by atoms with E-state index in [0.717, 1.165) is 25.0 Å². The van der Waals surface area contributed by atoms with Gasteiger partial charge in [0.05, 0.1) is 16.6 Å². The van der Waals surface area contributed by atoms with E-state index in [4.69, 9.17) is 0 Å². The van der Waals surface area contributed by atoms with Crippen molar-refractivity contribution >= 4 is 32.4 Å². The first-order valence-electron chi connectivity index (χ1n) is 9.29. The molecule has 0 saturated carbocycles. The van der Waals surface area contributed by atoms with Crippen LogP contribution in [-0.4, -0.2) is 35.7 Å². The molecular weight excluding hydrogens is 408 g/mol. The van der Waals surface area contributed by atoms with E-state index in [1.807, 2.05) is 23.1 Å². The first-order chi connectivity index (χ1) is 14.0. The second-order valence-electron chi connectivity index (χ2n) is 6.73. The van der Waals surface area contributed by atoms with Crippen LogP contribution in [0.1, 0.15) is 41.4 Å². The molecule has 1 amide bonds. The van der Waals surface area contributed by atoms with Gasteiger partial charge in [0.1, 0.15) is 0 Å². The summed E-state index contributed by atoms with van der Waals surface area (Å²) >= 11 is 1.20. The van der Waals surface area contributed by atoms with Gasteiger partial charge >= 0.3 is 0 Å². The van der Waals surface area contributed by atoms with Crippen molar-refractivity contribution in [2.24, 2.45) is 0 Å². The lowest BCUT2D eigenvalue weighted by Gasteiger charge is -2.35. The van der Waals surface area contributed by atoms with E-state index in [1.54, 1.807) is 23.7 Å². The summed E-state index contributed by atoms with van der Waals surface area (Å²) in [6, 6.07) is 11.7. The molecule has 9 heteroatoms. The number of rotatable bonds is 5. The van der Waals surface area contributed by atoms with Gasteiger partial charge in [-0.25, -0.2) is 13.4 Å². The molecule has 1 fully saturated rings. The van der Waals surface area contributed by atoms with Crippen LogP contribution in [0.25, 0.3) is 0 Å². The molecule has 2 aromatic heterocycles. The number of amides is 1. The van der Waals surface area contributed by atoms with E-state index >= 15 is 0 Å². The van der Waals surface area contributed by atoms with Crippen LogP contribution in [0.15, 0.2) is 65.1 Å². The standard InChI is InChI=1S/C20H20N4O3S2/c25-19(24-13-4-2-6-18(24)17-5-1-3-11-21-17)15-7-9-16(10-8-15)29(26,27)23-20-22-12-14-28-20/h1,3,5,7-12,14,18H,2,4,6,13H2,(H,22,23)/t18-/m1/s1. The van der Waals surface area contributed by atoms with Crippen LogP contribution in [0.2, 0.25) is 0 Å². The van der Waals surface area contributed by atoms with Crippen LogP contribution >= 0.6 is 11.3 Å². The Morgan fingerprint density at radius 1 is 1.07 bits per heavy atom. The molecule has 1 aliphatic heterocycles. The van der Waals surface area contributed by atoms with Gasteiger partial charge in [-0.3, -0.25) is 14.5 Å². The molecule has 4 rings (SSSR count). The van der Waals surface area contributed by atoms with Crippen LogP contribution in [0.3, 0.4) is 0 Å². The molecule has 7 nitrogen and oxygen atoms in total. The number of pyridine rings is 1. The predicted octanol–water partition coefficient (Wildman–Crippen LogP) is 3.71. The van der Waals surface area contributed by atoms with Crippen molar-refractivity contribution in [3.8, 4) is 0 Å². The van der Waals surface area contributed by atoms with Crippen LogP contribution in [0.5, 0.6) is 0 Å². The summed E-state index contributed by atoms with van der Waals surface area (Å²) in [5.41, 5.74) is 1.34. The molecule has 1 aromatic carbocycles. The Balaban J connectivity index is 1.54. The molecule has 0 spiro atoms. The highest BCUT2D eigenvalue weighted by Crippen LogP contribution is 2.31. The number of hydrogen-bond acceptors (Lipinski definition) is 6. The average Bonchev–Trinajstić information content (AvgIpc) is 3.26. The van der Waals surface area contributed by atoms with Gasteiger partial charge in [0.2, 0.25) is 0 Å².